The van der Waals surface area contributed by atoms with E-state index in [2.05, 4.69) is 36.9 Å². The van der Waals surface area contributed by atoms with Crippen molar-refractivity contribution in [2.75, 3.05) is 12.8 Å². The number of benzene rings is 2. The van der Waals surface area contributed by atoms with Crippen molar-refractivity contribution in [1.29, 1.82) is 5.26 Å². The van der Waals surface area contributed by atoms with Gasteiger partial charge in [-0.25, -0.2) is 18.1 Å². The SMILES string of the molecule is C.CC(C)Oc1ccc(C(=O)N[C@H](CNS(C)(=O)=O)Cc2ccc(-c3cn(C)c(C(C)(C)C)n3)cc2)cc1C#N. The number of ether oxygens (including phenoxy) is 1. The summed E-state index contributed by atoms with van der Waals surface area (Å²) in [5.74, 6) is 0.976. The van der Waals surface area contributed by atoms with E-state index in [9.17, 15) is 18.5 Å². The number of carbonyl (C=O) groups is 1. The van der Waals surface area contributed by atoms with Crippen molar-refractivity contribution in [2.45, 2.75) is 66.0 Å². The Bertz CT molecular complexity index is 1460. The fourth-order valence-corrected chi connectivity index (χ4v) is 4.71. The molecule has 3 rings (SSSR count). The molecule has 1 atom stereocenters. The molecule has 2 aromatic carbocycles. The highest BCUT2D eigenvalue weighted by molar-refractivity contribution is 7.88. The maximum absolute atomic E-state index is 13.1. The zero-order chi connectivity index (χ0) is 29.0. The average Bonchev–Trinajstić information content (AvgIpc) is 3.24. The number of imidazole rings is 1. The van der Waals surface area contributed by atoms with Gasteiger partial charge in [0, 0.05) is 42.4 Å². The van der Waals surface area contributed by atoms with Gasteiger partial charge in [0.25, 0.3) is 5.91 Å². The molecule has 0 aliphatic carbocycles. The smallest absolute Gasteiger partial charge is 0.251 e. The predicted molar refractivity (Wildman–Crippen MR) is 159 cm³/mol. The second kappa shape index (κ2) is 13.1. The Morgan fingerprint density at radius 1 is 1.15 bits per heavy atom. The molecule has 0 aliphatic rings. The molecule has 1 heterocycles. The molecule has 216 valence electrons. The van der Waals surface area contributed by atoms with Crippen LogP contribution in [-0.2, 0) is 28.9 Å². The number of aryl methyl sites for hydroxylation is 1. The standard InChI is InChI=1S/C29H37N5O4S.CH4/c1-19(2)38-26-13-12-22(15-23(26)16-30)27(35)32-24(17-31-39(7,36)37)14-20-8-10-21(11-9-20)25-18-34(6)28(33-25)29(3,4)5;/h8-13,15,18-19,24,31H,14,17H2,1-7H3,(H,32,35);1H4/t24-;/m0./s1. The first kappa shape index (κ1) is 32.5. The molecule has 2 N–H and O–H groups in total. The predicted octanol–water partition coefficient (Wildman–Crippen LogP) is 4.57. The van der Waals surface area contributed by atoms with Crippen molar-refractivity contribution >= 4 is 15.9 Å². The Morgan fingerprint density at radius 2 is 1.80 bits per heavy atom. The molecule has 0 saturated carbocycles. The Hall–Kier alpha value is -3.68. The van der Waals surface area contributed by atoms with Crippen molar-refractivity contribution in [3.8, 4) is 23.1 Å². The molecule has 0 fully saturated rings. The van der Waals surface area contributed by atoms with Crippen LogP contribution in [0.4, 0.5) is 0 Å². The molecule has 0 unspecified atom stereocenters. The number of hydrogen-bond donors (Lipinski definition) is 2. The molecule has 0 bridgehead atoms. The van der Waals surface area contributed by atoms with Crippen molar-refractivity contribution in [2.24, 2.45) is 7.05 Å². The minimum absolute atomic E-state index is 0. The van der Waals surface area contributed by atoms with Crippen LogP contribution in [0.3, 0.4) is 0 Å². The Morgan fingerprint density at radius 3 is 2.33 bits per heavy atom. The van der Waals surface area contributed by atoms with Gasteiger partial charge in [0.1, 0.15) is 17.6 Å². The largest absolute Gasteiger partial charge is 0.490 e. The summed E-state index contributed by atoms with van der Waals surface area (Å²) in [6, 6.07) is 14.0. The van der Waals surface area contributed by atoms with E-state index in [0.29, 0.717) is 12.2 Å². The topological polar surface area (TPSA) is 126 Å². The molecular weight excluding hydrogens is 526 g/mol. The fourth-order valence-electron chi connectivity index (χ4n) is 4.21. The molecular formula is C30H41N5O4S. The lowest BCUT2D eigenvalue weighted by atomic mass is 9.96. The third kappa shape index (κ3) is 8.93. The van der Waals surface area contributed by atoms with E-state index in [-0.39, 0.29) is 36.6 Å². The lowest BCUT2D eigenvalue weighted by molar-refractivity contribution is 0.0937. The average molecular weight is 568 g/mol. The lowest BCUT2D eigenvalue weighted by Crippen LogP contribution is -2.44. The highest BCUT2D eigenvalue weighted by Crippen LogP contribution is 2.26. The first-order valence-electron chi connectivity index (χ1n) is 12.8. The molecule has 40 heavy (non-hydrogen) atoms. The highest BCUT2D eigenvalue weighted by atomic mass is 32.2. The van der Waals surface area contributed by atoms with Gasteiger partial charge < -0.3 is 14.6 Å². The number of nitrogens with zero attached hydrogens (tertiary/aromatic N) is 3. The van der Waals surface area contributed by atoms with Gasteiger partial charge in [-0.15, -0.1) is 0 Å². The van der Waals surface area contributed by atoms with Crippen molar-refractivity contribution in [1.82, 2.24) is 19.6 Å². The van der Waals surface area contributed by atoms with E-state index in [1.54, 1.807) is 12.1 Å². The lowest BCUT2D eigenvalue weighted by Gasteiger charge is -2.20. The molecule has 0 spiro atoms. The van der Waals surface area contributed by atoms with E-state index >= 15 is 0 Å². The van der Waals surface area contributed by atoms with Crippen LogP contribution in [0.2, 0.25) is 0 Å². The first-order valence-corrected chi connectivity index (χ1v) is 14.6. The number of carbonyl (C=O) groups excluding carboxylic acids is 1. The van der Waals surface area contributed by atoms with Crippen LogP contribution in [0.25, 0.3) is 11.3 Å². The molecule has 0 radical (unpaired) electrons. The summed E-state index contributed by atoms with van der Waals surface area (Å²) in [4.78, 5) is 17.9. The Labute approximate surface area is 238 Å². The van der Waals surface area contributed by atoms with Gasteiger partial charge in [0.15, 0.2) is 0 Å². The molecule has 1 amide bonds. The number of sulfonamides is 1. The van der Waals surface area contributed by atoms with Crippen LogP contribution in [-0.4, -0.2) is 48.8 Å². The number of rotatable bonds is 10. The summed E-state index contributed by atoms with van der Waals surface area (Å²) in [6.45, 7) is 10.1. The summed E-state index contributed by atoms with van der Waals surface area (Å²) < 4.78 is 33.7. The van der Waals surface area contributed by atoms with Crippen LogP contribution in [0.1, 0.15) is 69.4 Å². The molecule has 0 saturated heterocycles. The monoisotopic (exact) mass is 567 g/mol. The minimum atomic E-state index is -3.47. The summed E-state index contributed by atoms with van der Waals surface area (Å²) in [6.07, 6.45) is 3.35. The number of aromatic nitrogens is 2. The minimum Gasteiger partial charge on any atom is -0.490 e. The highest BCUT2D eigenvalue weighted by Gasteiger charge is 2.21. The molecule has 3 aromatic rings. The Kier molecular flexibility index (Phi) is 10.7. The van der Waals surface area contributed by atoms with Crippen molar-refractivity contribution < 1.29 is 17.9 Å². The number of amides is 1. The van der Waals surface area contributed by atoms with Crippen LogP contribution in [0.15, 0.2) is 48.7 Å². The van der Waals surface area contributed by atoms with Gasteiger partial charge in [0.05, 0.1) is 23.6 Å². The maximum Gasteiger partial charge on any atom is 0.251 e. The zero-order valence-corrected chi connectivity index (χ0v) is 24.4. The van der Waals surface area contributed by atoms with Gasteiger partial charge in [-0.2, -0.15) is 5.26 Å². The maximum atomic E-state index is 13.1. The van der Waals surface area contributed by atoms with E-state index in [1.165, 1.54) is 6.07 Å². The number of nitrogens with one attached hydrogen (secondary N) is 2. The number of nitriles is 1. The second-order valence-electron chi connectivity index (χ2n) is 11.0. The van der Waals surface area contributed by atoms with Crippen LogP contribution in [0, 0.1) is 11.3 Å². The van der Waals surface area contributed by atoms with E-state index < -0.39 is 22.0 Å². The van der Waals surface area contributed by atoms with E-state index in [0.717, 1.165) is 28.9 Å². The van der Waals surface area contributed by atoms with Crippen LogP contribution in [0.5, 0.6) is 5.75 Å². The van der Waals surface area contributed by atoms with E-state index in [1.807, 2.05) is 55.9 Å². The fraction of sp³-hybridized carbons (Fsp3) is 0.433. The quantitative estimate of drug-likeness (QED) is 0.370. The summed E-state index contributed by atoms with van der Waals surface area (Å²) >= 11 is 0. The third-order valence-corrected chi connectivity index (χ3v) is 6.62. The van der Waals surface area contributed by atoms with Crippen LogP contribution >= 0.6 is 0 Å². The summed E-state index contributed by atoms with van der Waals surface area (Å²) in [5, 5.41) is 12.4. The molecule has 9 nitrogen and oxygen atoms in total. The zero-order valence-electron chi connectivity index (χ0n) is 23.6. The molecule has 0 aliphatic heterocycles. The van der Waals surface area contributed by atoms with Crippen molar-refractivity contribution in [3.05, 3.63) is 71.2 Å². The van der Waals surface area contributed by atoms with E-state index in [4.69, 9.17) is 9.72 Å². The number of hydrogen-bond acceptors (Lipinski definition) is 6. The summed E-state index contributed by atoms with van der Waals surface area (Å²) in [5.41, 5.74) is 3.21. The van der Waals surface area contributed by atoms with Gasteiger partial charge in [0.2, 0.25) is 10.0 Å². The van der Waals surface area contributed by atoms with Crippen molar-refractivity contribution in [3.63, 3.8) is 0 Å². The second-order valence-corrected chi connectivity index (χ2v) is 12.8. The van der Waals surface area contributed by atoms with Gasteiger partial charge in [-0.1, -0.05) is 52.5 Å². The van der Waals surface area contributed by atoms with Gasteiger partial charge in [-0.05, 0) is 44.0 Å². The third-order valence-electron chi connectivity index (χ3n) is 5.93. The van der Waals surface area contributed by atoms with Crippen LogP contribution < -0.4 is 14.8 Å². The van der Waals surface area contributed by atoms with Gasteiger partial charge in [-0.3, -0.25) is 4.79 Å². The molecule has 1 aromatic heterocycles. The normalized spacial score (nSPS) is 12.4. The van der Waals surface area contributed by atoms with Gasteiger partial charge >= 0.3 is 0 Å². The Balaban J connectivity index is 0.00000560. The first-order chi connectivity index (χ1) is 18.2. The molecule has 10 heteroatoms. The summed E-state index contributed by atoms with van der Waals surface area (Å²) in [7, 11) is -1.48.